The van der Waals surface area contributed by atoms with Crippen LogP contribution in [-0.4, -0.2) is 230 Å². The highest BCUT2D eigenvalue weighted by molar-refractivity contribution is 5.57. The second kappa shape index (κ2) is 21.4. The van der Waals surface area contributed by atoms with Gasteiger partial charge in [0.25, 0.3) is 0 Å². The van der Waals surface area contributed by atoms with Crippen LogP contribution in [0.5, 0.6) is 0 Å². The van der Waals surface area contributed by atoms with E-state index in [1.54, 1.807) is 0 Å². The van der Waals surface area contributed by atoms with Crippen LogP contribution in [0.3, 0.4) is 0 Å². The molecule has 0 radical (unpaired) electrons. The predicted molar refractivity (Wildman–Crippen MR) is 137 cm³/mol. The summed E-state index contributed by atoms with van der Waals surface area (Å²) in [6, 6.07) is 0. The number of carbonyl (C=O) groups is 2. The van der Waals surface area contributed by atoms with Crippen molar-refractivity contribution in [3.8, 4) is 0 Å². The number of aldehydes is 2. The highest BCUT2D eigenvalue weighted by atomic mass is 16.7. The van der Waals surface area contributed by atoms with Crippen molar-refractivity contribution in [2.75, 3.05) is 26.4 Å². The van der Waals surface area contributed by atoms with Crippen molar-refractivity contribution in [2.45, 2.75) is 104 Å². The molecule has 0 aromatic carbocycles. The molecule has 17 N–H and O–H groups in total. The first-order valence-corrected chi connectivity index (χ1v) is 13.1. The summed E-state index contributed by atoms with van der Waals surface area (Å²) in [7, 11) is 0. The molecule has 0 aromatic heterocycles. The lowest BCUT2D eigenvalue weighted by atomic mass is 9.97. The zero-order valence-electron chi connectivity index (χ0n) is 23.4. The monoisotopic (exact) mass is 672 g/mol. The van der Waals surface area contributed by atoms with Crippen LogP contribution in [0.15, 0.2) is 0 Å². The highest BCUT2D eigenvalue weighted by Crippen LogP contribution is 2.28. The third kappa shape index (κ3) is 12.6. The number of hydrogen-bond acceptors (Lipinski definition) is 22. The molecule has 17 atom stereocenters. The summed E-state index contributed by atoms with van der Waals surface area (Å²) in [6.45, 7) is -2.79. The van der Waals surface area contributed by atoms with E-state index in [0.717, 1.165) is 0 Å². The molecule has 0 saturated carbocycles. The lowest BCUT2D eigenvalue weighted by molar-refractivity contribution is -0.355. The first-order valence-electron chi connectivity index (χ1n) is 13.1. The third-order valence-electron chi connectivity index (χ3n) is 6.47. The molecule has 2 saturated heterocycles. The van der Waals surface area contributed by atoms with Crippen LogP contribution >= 0.6 is 0 Å². The fourth-order valence-corrected chi connectivity index (χ4v) is 3.60. The molecule has 2 fully saturated rings. The van der Waals surface area contributed by atoms with Crippen LogP contribution in [0, 0.1) is 0 Å². The largest absolute Gasteiger partial charge is 0.394 e. The number of aliphatic hydroxyl groups excluding tert-OH is 17. The van der Waals surface area contributed by atoms with Crippen molar-refractivity contribution in [3.63, 3.8) is 0 Å². The molecule has 0 spiro atoms. The van der Waals surface area contributed by atoms with E-state index in [0.29, 0.717) is 0 Å². The van der Waals surface area contributed by atoms with Crippen molar-refractivity contribution in [3.05, 3.63) is 0 Å². The Kier molecular flexibility index (Phi) is 20.7. The Hall–Kier alpha value is -1.46. The zero-order valence-corrected chi connectivity index (χ0v) is 23.4. The van der Waals surface area contributed by atoms with E-state index in [1.807, 2.05) is 0 Å². The van der Waals surface area contributed by atoms with Crippen molar-refractivity contribution in [1.29, 1.82) is 0 Å². The minimum Gasteiger partial charge on any atom is -0.394 e. The van der Waals surface area contributed by atoms with Gasteiger partial charge in [-0.1, -0.05) is 0 Å². The lowest BCUT2D eigenvalue weighted by Crippen LogP contribution is -2.64. The maximum absolute atomic E-state index is 9.94. The van der Waals surface area contributed by atoms with Gasteiger partial charge in [-0.15, -0.1) is 0 Å². The van der Waals surface area contributed by atoms with Gasteiger partial charge in [0.2, 0.25) is 0 Å². The molecule has 2 heterocycles. The summed E-state index contributed by atoms with van der Waals surface area (Å²) in [5.41, 5.74) is 0. The smallest absolute Gasteiger partial charge is 0.187 e. The molecule has 0 unspecified atom stereocenters. The molecule has 45 heavy (non-hydrogen) atoms. The van der Waals surface area contributed by atoms with Crippen LogP contribution in [0.2, 0.25) is 0 Å². The number of ether oxygens (including phenoxy) is 3. The molecule has 0 amide bonds. The van der Waals surface area contributed by atoms with Gasteiger partial charge < -0.3 is 111 Å². The molecular weight excluding hydrogens is 628 g/mol. The van der Waals surface area contributed by atoms with Gasteiger partial charge >= 0.3 is 0 Å². The fraction of sp³-hybridized carbons (Fsp3) is 0.913. The fourth-order valence-electron chi connectivity index (χ4n) is 3.60. The minimum absolute atomic E-state index is 0.0258. The minimum atomic E-state index is -1.79. The molecule has 22 heteroatoms. The van der Waals surface area contributed by atoms with Crippen LogP contribution in [0.25, 0.3) is 0 Å². The van der Waals surface area contributed by atoms with E-state index in [2.05, 4.69) is 0 Å². The number of carbonyl (C=O) groups excluding carboxylic acids is 2. The Balaban J connectivity index is 0.000000740. The van der Waals surface area contributed by atoms with Gasteiger partial charge in [-0.25, -0.2) is 0 Å². The molecule has 2 aliphatic heterocycles. The first kappa shape index (κ1) is 43.5. The van der Waals surface area contributed by atoms with Crippen LogP contribution in [0.4, 0.5) is 0 Å². The Bertz CT molecular complexity index is 805. The lowest BCUT2D eigenvalue weighted by Gasteiger charge is -2.45. The zero-order chi connectivity index (χ0) is 35.2. The first-order chi connectivity index (χ1) is 21.0. The Morgan fingerprint density at radius 3 is 1.47 bits per heavy atom. The van der Waals surface area contributed by atoms with Gasteiger partial charge in [0.15, 0.2) is 25.2 Å². The molecule has 0 aliphatic carbocycles. The molecule has 22 nitrogen and oxygen atoms in total. The second-order valence-electron chi connectivity index (χ2n) is 9.75. The molecule has 0 aromatic rings. The van der Waals surface area contributed by atoms with Crippen molar-refractivity contribution < 1.29 is 111 Å². The Morgan fingerprint density at radius 1 is 0.556 bits per heavy atom. The summed E-state index contributed by atoms with van der Waals surface area (Å²) in [5.74, 6) is 0. The summed E-state index contributed by atoms with van der Waals surface area (Å²) in [6.07, 6.45) is -27.0. The van der Waals surface area contributed by atoms with Gasteiger partial charge in [-0.3, -0.25) is 0 Å². The molecule has 2 rings (SSSR count). The van der Waals surface area contributed by atoms with Crippen LogP contribution in [0.1, 0.15) is 0 Å². The van der Waals surface area contributed by atoms with Gasteiger partial charge in [0.1, 0.15) is 91.6 Å². The summed E-state index contributed by atoms with van der Waals surface area (Å²) >= 11 is 0. The molecular formula is C23H44O22. The normalized spacial score (nSPS) is 36.4. The van der Waals surface area contributed by atoms with Crippen molar-refractivity contribution >= 4 is 12.6 Å². The number of rotatable bonds is 13. The predicted octanol–water partition coefficient (Wildman–Crippen LogP) is -11.5. The molecule has 0 bridgehead atoms. The van der Waals surface area contributed by atoms with Gasteiger partial charge in [-0.2, -0.15) is 0 Å². The van der Waals surface area contributed by atoms with E-state index in [-0.39, 0.29) is 12.6 Å². The van der Waals surface area contributed by atoms with E-state index in [9.17, 15) is 45.3 Å². The van der Waals surface area contributed by atoms with Gasteiger partial charge in [0, 0.05) is 0 Å². The van der Waals surface area contributed by atoms with E-state index in [1.165, 1.54) is 0 Å². The van der Waals surface area contributed by atoms with E-state index >= 15 is 0 Å². The van der Waals surface area contributed by atoms with Crippen molar-refractivity contribution in [1.82, 2.24) is 0 Å². The quantitative estimate of drug-likeness (QED) is 0.0807. The topological polar surface area (TPSA) is 406 Å². The number of aliphatic hydroxyl groups is 17. The molecule has 268 valence electrons. The van der Waals surface area contributed by atoms with E-state index < -0.39 is 131 Å². The SMILES string of the molecule is O=C[C@@H](O)[C@@H](O)[C@H](O)[C@H](O)CO.O=C[C@@H](O)[C@H](O)[C@H](O)CO.OC[C@H]1O[C@@H](O[C@H]2[C@H](O)[C@@H](O)[C@H](O)O[C@@H]2CO)[C@H](O)[C@@H](O)[C@H]1O. The number of hydrogen-bond donors (Lipinski definition) is 17. The highest BCUT2D eigenvalue weighted by Gasteiger charge is 2.50. The third-order valence-corrected chi connectivity index (χ3v) is 6.47. The maximum Gasteiger partial charge on any atom is 0.187 e. The van der Waals surface area contributed by atoms with Gasteiger partial charge in [0.05, 0.1) is 26.4 Å². The molecule has 2 aliphatic rings. The standard InChI is InChI=1S/C12H22O11.C6H12O6.C5H10O5/c13-1-3-5(15)6(16)9(19)12(22-3)23-10-4(2-14)21-11(20)8(18)7(10)17;7-1-3(9)5(11)6(12)4(10)2-8;6-1-3(8)5(10)4(9)2-7/h3-20H,1-2H2;1,3-6,8-12H,2H2;1,3-5,7-10H,2H2/t3-,4-,5+,6+,7-,8-,9-,10-,11-,12+;3-,4-,5-,6-;3-,4-,5+/m111/s1. The van der Waals surface area contributed by atoms with E-state index in [4.69, 9.17) is 65.3 Å². The maximum atomic E-state index is 9.94. The average molecular weight is 673 g/mol. The average Bonchev–Trinajstić information content (AvgIpc) is 3.06. The second-order valence-corrected chi connectivity index (χ2v) is 9.75. The summed E-state index contributed by atoms with van der Waals surface area (Å²) < 4.78 is 15.3. The summed E-state index contributed by atoms with van der Waals surface area (Å²) in [4.78, 5) is 19.7. The van der Waals surface area contributed by atoms with Crippen LogP contribution < -0.4 is 0 Å². The van der Waals surface area contributed by atoms with Crippen LogP contribution in [-0.2, 0) is 23.8 Å². The van der Waals surface area contributed by atoms with Gasteiger partial charge in [-0.05, 0) is 0 Å². The summed E-state index contributed by atoms with van der Waals surface area (Å²) in [5, 5.41) is 154. The van der Waals surface area contributed by atoms with Crippen molar-refractivity contribution in [2.24, 2.45) is 0 Å². The Morgan fingerprint density at radius 2 is 1.02 bits per heavy atom. The Labute approximate surface area is 254 Å².